The summed E-state index contributed by atoms with van der Waals surface area (Å²) in [4.78, 5) is 14.6. The van der Waals surface area contributed by atoms with Crippen LogP contribution in [0.25, 0.3) is 0 Å². The van der Waals surface area contributed by atoms with Crippen molar-refractivity contribution in [2.24, 2.45) is 5.92 Å². The predicted octanol–water partition coefficient (Wildman–Crippen LogP) is 2.95. The summed E-state index contributed by atoms with van der Waals surface area (Å²) in [5, 5.41) is 3.51. The molecule has 1 atom stereocenters. The zero-order valence-electron chi connectivity index (χ0n) is 12.5. The van der Waals surface area contributed by atoms with Gasteiger partial charge in [-0.25, -0.2) is 0 Å². The molecular formula is C16H30N2O. The third-order valence-electron chi connectivity index (χ3n) is 4.64. The molecule has 19 heavy (non-hydrogen) atoms. The molecule has 0 aromatic rings. The Bertz CT molecular complexity index is 268. The molecule has 3 heteroatoms. The third kappa shape index (κ3) is 4.79. The number of nitrogens with one attached hydrogen (secondary N) is 1. The number of hydrogen-bond donors (Lipinski definition) is 1. The summed E-state index contributed by atoms with van der Waals surface area (Å²) < 4.78 is 0. The summed E-state index contributed by atoms with van der Waals surface area (Å²) >= 11 is 0. The first kappa shape index (κ1) is 14.8. The minimum absolute atomic E-state index is 0.405. The van der Waals surface area contributed by atoms with Crippen LogP contribution in [-0.4, -0.2) is 36.5 Å². The molecule has 2 rings (SSSR count). The van der Waals surface area contributed by atoms with Crippen molar-refractivity contribution in [3.63, 3.8) is 0 Å². The van der Waals surface area contributed by atoms with Crippen LogP contribution >= 0.6 is 0 Å². The molecule has 1 amide bonds. The smallest absolute Gasteiger partial charge is 0.222 e. The molecule has 3 nitrogen and oxygen atoms in total. The standard InChI is InChI=1S/C16H30N2O/c1-2-11-18(13-15-9-6-10-17-15)16(19)12-14-7-4-3-5-8-14/h14-15,17H,2-13H2,1H3. The first-order valence-corrected chi connectivity index (χ1v) is 8.30. The fourth-order valence-corrected chi connectivity index (χ4v) is 3.53. The van der Waals surface area contributed by atoms with Gasteiger partial charge in [-0.15, -0.1) is 0 Å². The maximum atomic E-state index is 12.5. The maximum Gasteiger partial charge on any atom is 0.222 e. The van der Waals surface area contributed by atoms with Gasteiger partial charge in [0.2, 0.25) is 5.91 Å². The first-order chi connectivity index (χ1) is 9.29. The number of amides is 1. The van der Waals surface area contributed by atoms with Gasteiger partial charge < -0.3 is 10.2 Å². The number of carbonyl (C=O) groups excluding carboxylic acids is 1. The van der Waals surface area contributed by atoms with Gasteiger partial charge in [0.15, 0.2) is 0 Å². The Morgan fingerprint density at radius 2 is 1.95 bits per heavy atom. The number of nitrogens with zero attached hydrogens (tertiary/aromatic N) is 1. The maximum absolute atomic E-state index is 12.5. The quantitative estimate of drug-likeness (QED) is 0.801. The Morgan fingerprint density at radius 1 is 1.16 bits per heavy atom. The van der Waals surface area contributed by atoms with Crippen molar-refractivity contribution in [2.75, 3.05) is 19.6 Å². The highest BCUT2D eigenvalue weighted by molar-refractivity contribution is 5.76. The normalized spacial score (nSPS) is 24.6. The molecule has 0 aromatic heterocycles. The summed E-state index contributed by atoms with van der Waals surface area (Å²) in [5.74, 6) is 1.07. The van der Waals surface area contributed by atoms with Crippen LogP contribution in [0.15, 0.2) is 0 Å². The second-order valence-corrected chi connectivity index (χ2v) is 6.34. The van der Waals surface area contributed by atoms with Crippen LogP contribution in [0.2, 0.25) is 0 Å². The SMILES string of the molecule is CCCN(CC1CCCN1)C(=O)CC1CCCCC1. The van der Waals surface area contributed by atoms with Crippen molar-refractivity contribution in [3.05, 3.63) is 0 Å². The molecule has 1 N–H and O–H groups in total. The number of carbonyl (C=O) groups is 1. The van der Waals surface area contributed by atoms with E-state index in [0.29, 0.717) is 17.9 Å². The Morgan fingerprint density at radius 3 is 2.58 bits per heavy atom. The highest BCUT2D eigenvalue weighted by Gasteiger charge is 2.24. The highest BCUT2D eigenvalue weighted by atomic mass is 16.2. The Kier molecular flexibility index (Phi) is 6.15. The van der Waals surface area contributed by atoms with E-state index in [4.69, 9.17) is 0 Å². The summed E-state index contributed by atoms with van der Waals surface area (Å²) in [6.45, 7) is 5.16. The largest absolute Gasteiger partial charge is 0.341 e. The monoisotopic (exact) mass is 266 g/mol. The Balaban J connectivity index is 1.80. The molecule has 1 saturated carbocycles. The van der Waals surface area contributed by atoms with E-state index >= 15 is 0 Å². The Hall–Kier alpha value is -0.570. The molecule has 2 fully saturated rings. The van der Waals surface area contributed by atoms with Crippen molar-refractivity contribution in [3.8, 4) is 0 Å². The zero-order valence-corrected chi connectivity index (χ0v) is 12.5. The predicted molar refractivity (Wildman–Crippen MR) is 79.1 cm³/mol. The van der Waals surface area contributed by atoms with Crippen molar-refractivity contribution in [2.45, 2.75) is 70.8 Å². The van der Waals surface area contributed by atoms with Crippen LogP contribution in [0, 0.1) is 5.92 Å². The average Bonchev–Trinajstić information content (AvgIpc) is 2.92. The van der Waals surface area contributed by atoms with Crippen LogP contribution < -0.4 is 5.32 Å². The zero-order chi connectivity index (χ0) is 13.5. The first-order valence-electron chi connectivity index (χ1n) is 8.30. The van der Waals surface area contributed by atoms with Crippen LogP contribution in [0.3, 0.4) is 0 Å². The van der Waals surface area contributed by atoms with E-state index in [1.54, 1.807) is 0 Å². The van der Waals surface area contributed by atoms with Crippen molar-refractivity contribution < 1.29 is 4.79 Å². The van der Waals surface area contributed by atoms with E-state index in [2.05, 4.69) is 17.1 Å². The van der Waals surface area contributed by atoms with Gasteiger partial charge in [-0.05, 0) is 44.6 Å². The van der Waals surface area contributed by atoms with Crippen molar-refractivity contribution >= 4 is 5.91 Å². The summed E-state index contributed by atoms with van der Waals surface area (Å²) in [5.41, 5.74) is 0. The molecule has 1 saturated heterocycles. The lowest BCUT2D eigenvalue weighted by atomic mass is 9.86. The van der Waals surface area contributed by atoms with Crippen LogP contribution in [0.4, 0.5) is 0 Å². The Labute approximate surface area is 118 Å². The fourth-order valence-electron chi connectivity index (χ4n) is 3.53. The summed E-state index contributed by atoms with van der Waals surface area (Å²) in [7, 11) is 0. The molecule has 0 radical (unpaired) electrons. The third-order valence-corrected chi connectivity index (χ3v) is 4.64. The van der Waals surface area contributed by atoms with Gasteiger partial charge >= 0.3 is 0 Å². The molecule has 0 bridgehead atoms. The van der Waals surface area contributed by atoms with E-state index < -0.39 is 0 Å². The molecule has 0 spiro atoms. The summed E-state index contributed by atoms with van der Waals surface area (Å²) in [6.07, 6.45) is 10.9. The molecule has 1 aliphatic carbocycles. The lowest BCUT2D eigenvalue weighted by molar-refractivity contribution is -0.132. The minimum atomic E-state index is 0.405. The lowest BCUT2D eigenvalue weighted by Gasteiger charge is -2.28. The van der Waals surface area contributed by atoms with Gasteiger partial charge in [0.05, 0.1) is 0 Å². The van der Waals surface area contributed by atoms with Gasteiger partial charge in [-0.1, -0.05) is 26.2 Å². The van der Waals surface area contributed by atoms with E-state index in [1.165, 1.54) is 44.9 Å². The van der Waals surface area contributed by atoms with Crippen LogP contribution in [0.1, 0.15) is 64.7 Å². The molecule has 110 valence electrons. The lowest BCUT2D eigenvalue weighted by Crippen LogP contribution is -2.42. The molecular weight excluding hydrogens is 236 g/mol. The fraction of sp³-hybridized carbons (Fsp3) is 0.938. The molecule has 0 aromatic carbocycles. The van der Waals surface area contributed by atoms with Crippen molar-refractivity contribution in [1.82, 2.24) is 10.2 Å². The van der Waals surface area contributed by atoms with Gasteiger partial charge in [-0.3, -0.25) is 4.79 Å². The van der Waals surface area contributed by atoms with Gasteiger partial charge in [-0.2, -0.15) is 0 Å². The molecule has 1 heterocycles. The van der Waals surface area contributed by atoms with Crippen LogP contribution in [0.5, 0.6) is 0 Å². The molecule has 1 aliphatic heterocycles. The van der Waals surface area contributed by atoms with Gasteiger partial charge in [0, 0.05) is 25.6 Å². The van der Waals surface area contributed by atoms with Gasteiger partial charge in [0.1, 0.15) is 0 Å². The second kappa shape index (κ2) is 7.88. The summed E-state index contributed by atoms with van der Waals surface area (Å²) in [6, 6.07) is 0.543. The number of hydrogen-bond acceptors (Lipinski definition) is 2. The topological polar surface area (TPSA) is 32.3 Å². The van der Waals surface area contributed by atoms with Crippen LogP contribution in [-0.2, 0) is 4.79 Å². The highest BCUT2D eigenvalue weighted by Crippen LogP contribution is 2.27. The van der Waals surface area contributed by atoms with Crippen molar-refractivity contribution in [1.29, 1.82) is 0 Å². The van der Waals surface area contributed by atoms with E-state index in [1.807, 2.05) is 0 Å². The average molecular weight is 266 g/mol. The van der Waals surface area contributed by atoms with E-state index in [9.17, 15) is 4.79 Å². The molecule has 2 aliphatic rings. The van der Waals surface area contributed by atoms with Gasteiger partial charge in [0.25, 0.3) is 0 Å². The minimum Gasteiger partial charge on any atom is -0.341 e. The molecule has 1 unspecified atom stereocenters. The van der Waals surface area contributed by atoms with E-state index in [-0.39, 0.29) is 0 Å². The number of rotatable bonds is 6. The second-order valence-electron chi connectivity index (χ2n) is 6.34. The van der Waals surface area contributed by atoms with E-state index in [0.717, 1.165) is 32.5 Å².